The number of hydrogen-bond donors (Lipinski definition) is 0. The molecule has 1 saturated heterocycles. The highest BCUT2D eigenvalue weighted by molar-refractivity contribution is 7.22. The van der Waals surface area contributed by atoms with Crippen LogP contribution in [0.1, 0.15) is 5.56 Å². The van der Waals surface area contributed by atoms with Gasteiger partial charge in [0.2, 0.25) is 0 Å². The summed E-state index contributed by atoms with van der Waals surface area (Å²) in [5, 5.41) is 3.07. The van der Waals surface area contributed by atoms with Crippen LogP contribution in [-0.2, 0) is 0 Å². The van der Waals surface area contributed by atoms with E-state index in [4.69, 9.17) is 21.6 Å². The lowest BCUT2D eigenvalue weighted by Crippen LogP contribution is -2.46. The van der Waals surface area contributed by atoms with Crippen molar-refractivity contribution in [1.29, 1.82) is 0 Å². The predicted octanol–water partition coefficient (Wildman–Crippen LogP) is 5.13. The first-order chi connectivity index (χ1) is 13.2. The molecule has 1 aliphatic rings. The van der Waals surface area contributed by atoms with Crippen LogP contribution in [0.4, 0.5) is 10.9 Å². The van der Waals surface area contributed by atoms with Crippen LogP contribution >= 0.6 is 22.9 Å². The smallest absolute Gasteiger partial charge is 0.186 e. The van der Waals surface area contributed by atoms with Crippen LogP contribution in [0.5, 0.6) is 0 Å². The van der Waals surface area contributed by atoms with Gasteiger partial charge in [-0.25, -0.2) is 9.97 Å². The van der Waals surface area contributed by atoms with Crippen LogP contribution in [0.2, 0.25) is 5.02 Å². The van der Waals surface area contributed by atoms with E-state index >= 15 is 0 Å². The Hall–Kier alpha value is -2.37. The SMILES string of the molecule is Cc1cc(N2CCN(c3nc4ccc(Cl)cc4s3)CC2)nc2ccccc12. The van der Waals surface area contributed by atoms with E-state index in [9.17, 15) is 0 Å². The fourth-order valence-corrected chi connectivity index (χ4v) is 4.94. The average Bonchev–Trinajstić information content (AvgIpc) is 3.11. The average molecular weight is 395 g/mol. The highest BCUT2D eigenvalue weighted by atomic mass is 35.5. The summed E-state index contributed by atoms with van der Waals surface area (Å²) in [5.74, 6) is 1.07. The quantitative estimate of drug-likeness (QED) is 0.471. The molecule has 0 saturated carbocycles. The zero-order valence-corrected chi connectivity index (χ0v) is 16.6. The Morgan fingerprint density at radius 3 is 2.52 bits per heavy atom. The van der Waals surface area contributed by atoms with Gasteiger partial charge in [-0.05, 0) is 42.8 Å². The summed E-state index contributed by atoms with van der Waals surface area (Å²) in [6.45, 7) is 5.95. The second kappa shape index (κ2) is 6.66. The lowest BCUT2D eigenvalue weighted by atomic mass is 10.1. The van der Waals surface area contributed by atoms with Crippen molar-refractivity contribution in [3.63, 3.8) is 0 Å². The Morgan fingerprint density at radius 1 is 0.889 bits per heavy atom. The maximum Gasteiger partial charge on any atom is 0.186 e. The van der Waals surface area contributed by atoms with E-state index in [1.165, 1.54) is 10.9 Å². The van der Waals surface area contributed by atoms with Crippen LogP contribution in [0, 0.1) is 6.92 Å². The fourth-order valence-electron chi connectivity index (χ4n) is 3.64. The minimum absolute atomic E-state index is 0.764. The van der Waals surface area contributed by atoms with Crippen molar-refractivity contribution in [2.45, 2.75) is 6.92 Å². The first-order valence-corrected chi connectivity index (χ1v) is 10.3. The molecule has 0 spiro atoms. The number of thiazole rings is 1. The van der Waals surface area contributed by atoms with Crippen molar-refractivity contribution in [3.05, 3.63) is 59.1 Å². The molecule has 0 atom stereocenters. The molecule has 3 heterocycles. The predicted molar refractivity (Wildman–Crippen MR) is 116 cm³/mol. The molecule has 5 rings (SSSR count). The third-order valence-electron chi connectivity index (χ3n) is 5.12. The molecule has 0 radical (unpaired) electrons. The molecule has 1 fully saturated rings. The number of para-hydroxylation sites is 1. The number of pyridine rings is 1. The third-order valence-corrected chi connectivity index (χ3v) is 6.44. The second-order valence-corrected chi connectivity index (χ2v) is 8.34. The van der Waals surface area contributed by atoms with Gasteiger partial charge < -0.3 is 9.80 Å². The summed E-state index contributed by atoms with van der Waals surface area (Å²) in [6, 6.07) is 16.5. The standard InChI is InChI=1S/C21H19ClN4S/c1-14-12-20(23-17-5-3-2-4-16(14)17)25-8-10-26(11-9-25)21-24-18-7-6-15(22)13-19(18)27-21/h2-7,12-13H,8-11H2,1H3. The Bertz CT molecular complexity index is 1130. The van der Waals surface area contributed by atoms with Crippen molar-refractivity contribution in [2.24, 2.45) is 0 Å². The van der Waals surface area contributed by atoms with Gasteiger partial charge in [0.1, 0.15) is 5.82 Å². The van der Waals surface area contributed by atoms with E-state index in [1.54, 1.807) is 11.3 Å². The minimum Gasteiger partial charge on any atom is -0.353 e. The van der Waals surface area contributed by atoms with Gasteiger partial charge in [0.15, 0.2) is 5.13 Å². The molecule has 136 valence electrons. The fraction of sp³-hybridized carbons (Fsp3) is 0.238. The molecule has 6 heteroatoms. The van der Waals surface area contributed by atoms with E-state index < -0.39 is 0 Å². The monoisotopic (exact) mass is 394 g/mol. The largest absolute Gasteiger partial charge is 0.353 e. The van der Waals surface area contributed by atoms with E-state index in [0.717, 1.165) is 57.9 Å². The number of hydrogen-bond acceptors (Lipinski definition) is 5. The number of anilines is 2. The van der Waals surface area contributed by atoms with E-state index in [0.29, 0.717) is 0 Å². The van der Waals surface area contributed by atoms with Crippen LogP contribution in [0.3, 0.4) is 0 Å². The maximum atomic E-state index is 6.11. The zero-order valence-electron chi connectivity index (χ0n) is 15.0. The van der Waals surface area contributed by atoms with Gasteiger partial charge in [0.05, 0.1) is 15.7 Å². The summed E-state index contributed by atoms with van der Waals surface area (Å²) in [7, 11) is 0. The molecular formula is C21H19ClN4S. The first-order valence-electron chi connectivity index (χ1n) is 9.10. The van der Waals surface area contributed by atoms with Gasteiger partial charge in [-0.1, -0.05) is 41.1 Å². The van der Waals surface area contributed by atoms with Crippen LogP contribution in [0.15, 0.2) is 48.5 Å². The molecule has 0 aliphatic carbocycles. The number of halogens is 1. The molecule has 0 amide bonds. The van der Waals surface area contributed by atoms with Crippen molar-refractivity contribution in [3.8, 4) is 0 Å². The van der Waals surface area contributed by atoms with E-state index in [1.807, 2.05) is 18.2 Å². The number of aromatic nitrogens is 2. The molecule has 4 aromatic rings. The molecule has 4 nitrogen and oxygen atoms in total. The van der Waals surface area contributed by atoms with Gasteiger partial charge in [-0.2, -0.15) is 0 Å². The zero-order chi connectivity index (χ0) is 18.4. The molecule has 27 heavy (non-hydrogen) atoms. The summed E-state index contributed by atoms with van der Waals surface area (Å²) < 4.78 is 1.15. The van der Waals surface area contributed by atoms with E-state index in [2.05, 4.69) is 47.1 Å². The molecule has 2 aromatic heterocycles. The summed E-state index contributed by atoms with van der Waals surface area (Å²) in [5.41, 5.74) is 3.37. The molecular weight excluding hydrogens is 376 g/mol. The number of benzene rings is 2. The third kappa shape index (κ3) is 3.11. The van der Waals surface area contributed by atoms with Crippen LogP contribution in [-0.4, -0.2) is 36.1 Å². The highest BCUT2D eigenvalue weighted by Crippen LogP contribution is 2.32. The highest BCUT2D eigenvalue weighted by Gasteiger charge is 2.21. The molecule has 0 unspecified atom stereocenters. The summed E-state index contributed by atoms with van der Waals surface area (Å²) >= 11 is 7.82. The first kappa shape index (κ1) is 16.8. The van der Waals surface area contributed by atoms with Crippen molar-refractivity contribution < 1.29 is 0 Å². The summed E-state index contributed by atoms with van der Waals surface area (Å²) in [4.78, 5) is 14.4. The van der Waals surface area contributed by atoms with Gasteiger partial charge in [-0.15, -0.1) is 0 Å². The second-order valence-electron chi connectivity index (χ2n) is 6.90. The van der Waals surface area contributed by atoms with Crippen LogP contribution < -0.4 is 9.80 Å². The van der Waals surface area contributed by atoms with Gasteiger partial charge in [-0.3, -0.25) is 0 Å². The molecule has 0 bridgehead atoms. The normalized spacial score (nSPS) is 15.0. The van der Waals surface area contributed by atoms with Crippen LogP contribution in [0.25, 0.3) is 21.1 Å². The Labute approximate surface area is 167 Å². The van der Waals surface area contributed by atoms with Crippen molar-refractivity contribution in [2.75, 3.05) is 36.0 Å². The van der Waals surface area contributed by atoms with Gasteiger partial charge in [0, 0.05) is 36.6 Å². The lowest BCUT2D eigenvalue weighted by molar-refractivity contribution is 0.647. The molecule has 2 aromatic carbocycles. The van der Waals surface area contributed by atoms with Gasteiger partial charge in [0.25, 0.3) is 0 Å². The Balaban J connectivity index is 1.36. The summed E-state index contributed by atoms with van der Waals surface area (Å²) in [6.07, 6.45) is 0. The van der Waals surface area contributed by atoms with Crippen molar-refractivity contribution >= 4 is 55.0 Å². The maximum absolute atomic E-state index is 6.11. The van der Waals surface area contributed by atoms with Crippen molar-refractivity contribution in [1.82, 2.24) is 9.97 Å². The van der Waals surface area contributed by atoms with Gasteiger partial charge >= 0.3 is 0 Å². The number of rotatable bonds is 2. The Kier molecular flexibility index (Phi) is 4.14. The molecule has 1 aliphatic heterocycles. The number of aryl methyl sites for hydroxylation is 1. The Morgan fingerprint density at radius 2 is 1.67 bits per heavy atom. The topological polar surface area (TPSA) is 32.3 Å². The number of fused-ring (bicyclic) bond motifs is 2. The number of piperazine rings is 1. The lowest BCUT2D eigenvalue weighted by Gasteiger charge is -2.35. The van der Waals surface area contributed by atoms with E-state index in [-0.39, 0.29) is 0 Å². The number of nitrogens with zero attached hydrogens (tertiary/aromatic N) is 4. The molecule has 0 N–H and O–H groups in total. The minimum atomic E-state index is 0.764.